The van der Waals surface area contributed by atoms with Crippen LogP contribution in [0.5, 0.6) is 5.75 Å². The van der Waals surface area contributed by atoms with Crippen LogP contribution in [0.25, 0.3) is 0 Å². The number of hydrogen-bond acceptors (Lipinski definition) is 4. The van der Waals surface area contributed by atoms with Crippen molar-refractivity contribution in [3.63, 3.8) is 0 Å². The lowest BCUT2D eigenvalue weighted by Crippen LogP contribution is -2.50. The first-order valence-corrected chi connectivity index (χ1v) is 8.20. The molecule has 6 heteroatoms. The number of amides is 2. The zero-order chi connectivity index (χ0) is 17.5. The number of benzene rings is 1. The van der Waals surface area contributed by atoms with Crippen molar-refractivity contribution >= 4 is 11.8 Å². The summed E-state index contributed by atoms with van der Waals surface area (Å²) in [6, 6.07) is 12.8. The Morgan fingerprint density at radius 2 is 1.72 bits per heavy atom. The molecule has 0 unspecified atom stereocenters. The Balaban J connectivity index is 1.42. The minimum atomic E-state index is -0.135. The van der Waals surface area contributed by atoms with E-state index in [9.17, 15) is 9.59 Å². The summed E-state index contributed by atoms with van der Waals surface area (Å²) in [5.41, 5.74) is 0. The van der Waals surface area contributed by atoms with Gasteiger partial charge in [-0.15, -0.1) is 0 Å². The summed E-state index contributed by atoms with van der Waals surface area (Å²) in [7, 11) is 0. The molecule has 0 bridgehead atoms. The van der Waals surface area contributed by atoms with Crippen molar-refractivity contribution < 1.29 is 18.7 Å². The SMILES string of the molecule is O=C(C=CCOc1ccccc1)N1CCN(C(=O)c2ccco2)CC1. The Morgan fingerprint density at radius 1 is 1.00 bits per heavy atom. The average Bonchev–Trinajstić information content (AvgIpc) is 3.20. The molecule has 0 aliphatic carbocycles. The molecule has 3 rings (SSSR count). The van der Waals surface area contributed by atoms with E-state index >= 15 is 0 Å². The highest BCUT2D eigenvalue weighted by Gasteiger charge is 2.25. The molecule has 2 amide bonds. The molecule has 1 aliphatic heterocycles. The molecular formula is C19H20N2O4. The number of rotatable bonds is 5. The Hall–Kier alpha value is -3.02. The molecule has 0 radical (unpaired) electrons. The van der Waals surface area contributed by atoms with E-state index in [1.165, 1.54) is 12.3 Å². The standard InChI is InChI=1S/C19H20N2O4/c22-18(9-5-14-24-16-6-2-1-3-7-16)20-10-12-21(13-11-20)19(23)17-8-4-15-25-17/h1-9,15H,10-14H2. The lowest BCUT2D eigenvalue weighted by atomic mass is 10.2. The van der Waals surface area contributed by atoms with Gasteiger partial charge in [-0.3, -0.25) is 9.59 Å². The molecule has 25 heavy (non-hydrogen) atoms. The third kappa shape index (κ3) is 4.50. The summed E-state index contributed by atoms with van der Waals surface area (Å²) in [5, 5.41) is 0. The summed E-state index contributed by atoms with van der Waals surface area (Å²) in [5.74, 6) is 0.896. The number of ether oxygens (including phenoxy) is 1. The van der Waals surface area contributed by atoms with Crippen molar-refractivity contribution in [2.75, 3.05) is 32.8 Å². The van der Waals surface area contributed by atoms with E-state index in [1.807, 2.05) is 30.3 Å². The van der Waals surface area contributed by atoms with Gasteiger partial charge in [-0.25, -0.2) is 0 Å². The zero-order valence-corrected chi connectivity index (χ0v) is 13.8. The first-order valence-electron chi connectivity index (χ1n) is 8.20. The largest absolute Gasteiger partial charge is 0.490 e. The van der Waals surface area contributed by atoms with Crippen LogP contribution in [-0.2, 0) is 4.79 Å². The number of carbonyl (C=O) groups excluding carboxylic acids is 2. The third-order valence-electron chi connectivity index (χ3n) is 3.96. The number of para-hydroxylation sites is 1. The zero-order valence-electron chi connectivity index (χ0n) is 13.8. The van der Waals surface area contributed by atoms with E-state index in [-0.39, 0.29) is 11.8 Å². The lowest BCUT2D eigenvalue weighted by Gasteiger charge is -2.33. The minimum absolute atomic E-state index is 0.0678. The highest BCUT2D eigenvalue weighted by atomic mass is 16.5. The molecule has 2 heterocycles. The smallest absolute Gasteiger partial charge is 0.289 e. The second kappa shape index (κ2) is 8.19. The summed E-state index contributed by atoms with van der Waals surface area (Å²) < 4.78 is 10.6. The maximum atomic E-state index is 12.2. The summed E-state index contributed by atoms with van der Waals surface area (Å²) in [4.78, 5) is 27.8. The van der Waals surface area contributed by atoms with Crippen LogP contribution in [-0.4, -0.2) is 54.4 Å². The van der Waals surface area contributed by atoms with Gasteiger partial charge in [0.15, 0.2) is 5.76 Å². The van der Waals surface area contributed by atoms with Gasteiger partial charge in [-0.1, -0.05) is 18.2 Å². The fourth-order valence-electron chi connectivity index (χ4n) is 2.60. The average molecular weight is 340 g/mol. The monoisotopic (exact) mass is 340 g/mol. The molecule has 1 aromatic heterocycles. The molecule has 0 N–H and O–H groups in total. The number of hydrogen-bond donors (Lipinski definition) is 0. The van der Waals surface area contributed by atoms with Gasteiger partial charge in [-0.05, 0) is 30.3 Å². The number of furan rings is 1. The molecule has 0 atom stereocenters. The molecular weight excluding hydrogens is 320 g/mol. The van der Waals surface area contributed by atoms with Crippen LogP contribution in [0.2, 0.25) is 0 Å². The van der Waals surface area contributed by atoms with Gasteiger partial charge in [0.25, 0.3) is 5.91 Å². The van der Waals surface area contributed by atoms with Crippen molar-refractivity contribution in [2.24, 2.45) is 0 Å². The first-order chi connectivity index (χ1) is 12.2. The van der Waals surface area contributed by atoms with Crippen LogP contribution in [0.15, 0.2) is 65.3 Å². The quantitative estimate of drug-likeness (QED) is 0.783. The maximum Gasteiger partial charge on any atom is 0.289 e. The van der Waals surface area contributed by atoms with Crippen molar-refractivity contribution in [1.29, 1.82) is 0 Å². The Bertz CT molecular complexity index is 717. The maximum absolute atomic E-state index is 12.2. The van der Waals surface area contributed by atoms with E-state index < -0.39 is 0 Å². The Morgan fingerprint density at radius 3 is 2.40 bits per heavy atom. The van der Waals surface area contributed by atoms with E-state index in [0.717, 1.165) is 5.75 Å². The van der Waals surface area contributed by atoms with Crippen molar-refractivity contribution in [1.82, 2.24) is 9.80 Å². The molecule has 6 nitrogen and oxygen atoms in total. The second-order valence-corrected chi connectivity index (χ2v) is 5.62. The molecule has 0 saturated carbocycles. The molecule has 1 aliphatic rings. The van der Waals surface area contributed by atoms with Gasteiger partial charge in [0.05, 0.1) is 6.26 Å². The molecule has 2 aromatic rings. The number of nitrogens with zero attached hydrogens (tertiary/aromatic N) is 2. The molecule has 130 valence electrons. The van der Waals surface area contributed by atoms with Gasteiger partial charge >= 0.3 is 0 Å². The van der Waals surface area contributed by atoms with Crippen LogP contribution < -0.4 is 4.74 Å². The summed E-state index contributed by atoms with van der Waals surface area (Å²) in [6.07, 6.45) is 4.71. The fourth-order valence-corrected chi connectivity index (χ4v) is 2.60. The number of carbonyl (C=O) groups is 2. The first kappa shape index (κ1) is 16.8. The van der Waals surface area contributed by atoms with Crippen LogP contribution in [0.3, 0.4) is 0 Å². The molecule has 1 saturated heterocycles. The van der Waals surface area contributed by atoms with E-state index in [1.54, 1.807) is 28.0 Å². The summed E-state index contributed by atoms with van der Waals surface area (Å²) >= 11 is 0. The molecule has 1 aromatic carbocycles. The third-order valence-corrected chi connectivity index (χ3v) is 3.96. The van der Waals surface area contributed by atoms with Crippen LogP contribution >= 0.6 is 0 Å². The van der Waals surface area contributed by atoms with Gasteiger partial charge in [-0.2, -0.15) is 0 Å². The van der Waals surface area contributed by atoms with Crippen LogP contribution in [0.1, 0.15) is 10.6 Å². The van der Waals surface area contributed by atoms with E-state index in [2.05, 4.69) is 0 Å². The highest BCUT2D eigenvalue weighted by molar-refractivity contribution is 5.92. The van der Waals surface area contributed by atoms with E-state index in [4.69, 9.17) is 9.15 Å². The van der Waals surface area contributed by atoms with Crippen LogP contribution in [0.4, 0.5) is 0 Å². The predicted octanol–water partition coefficient (Wildman–Crippen LogP) is 2.20. The minimum Gasteiger partial charge on any atom is -0.490 e. The van der Waals surface area contributed by atoms with Crippen LogP contribution in [0, 0.1) is 0 Å². The molecule has 0 spiro atoms. The summed E-state index contributed by atoms with van der Waals surface area (Å²) in [6.45, 7) is 2.36. The second-order valence-electron chi connectivity index (χ2n) is 5.62. The lowest BCUT2D eigenvalue weighted by molar-refractivity contribution is -0.127. The highest BCUT2D eigenvalue weighted by Crippen LogP contribution is 2.10. The van der Waals surface area contributed by atoms with Gasteiger partial charge in [0.2, 0.25) is 5.91 Å². The van der Waals surface area contributed by atoms with Crippen molar-refractivity contribution in [2.45, 2.75) is 0 Å². The predicted molar refractivity (Wildman–Crippen MR) is 92.3 cm³/mol. The van der Waals surface area contributed by atoms with E-state index in [0.29, 0.717) is 38.5 Å². The Kier molecular flexibility index (Phi) is 5.51. The Labute approximate surface area is 146 Å². The van der Waals surface area contributed by atoms with Crippen molar-refractivity contribution in [3.05, 3.63) is 66.6 Å². The van der Waals surface area contributed by atoms with Gasteiger partial charge in [0.1, 0.15) is 12.4 Å². The molecule has 1 fully saturated rings. The normalized spacial score (nSPS) is 14.7. The topological polar surface area (TPSA) is 63.0 Å². The van der Waals surface area contributed by atoms with Gasteiger partial charge < -0.3 is 19.0 Å². The van der Waals surface area contributed by atoms with Gasteiger partial charge in [0, 0.05) is 32.3 Å². The fraction of sp³-hybridized carbons (Fsp3) is 0.263. The van der Waals surface area contributed by atoms with Crippen molar-refractivity contribution in [3.8, 4) is 5.75 Å². The number of piperazine rings is 1.